The molecular formula is C15H25NO2Si2. The summed E-state index contributed by atoms with van der Waals surface area (Å²) in [6.45, 7) is 14.1. The SMILES string of the molecule is C[Si](C)(C)C(N1C(=O)OC1c1ccccc1)[Si](C)(C)C. The van der Waals surface area contributed by atoms with E-state index < -0.39 is 16.1 Å². The van der Waals surface area contributed by atoms with Crippen LogP contribution in [0.2, 0.25) is 39.3 Å². The molecule has 1 aromatic rings. The van der Waals surface area contributed by atoms with Crippen molar-refractivity contribution in [3.05, 3.63) is 35.9 Å². The normalized spacial score (nSPS) is 19.9. The third-order valence-electron chi connectivity index (χ3n) is 3.68. The number of hydrogen-bond donors (Lipinski definition) is 0. The second kappa shape index (κ2) is 5.04. The Morgan fingerprint density at radius 2 is 1.50 bits per heavy atom. The number of benzene rings is 1. The highest BCUT2D eigenvalue weighted by atomic mass is 28.4. The van der Waals surface area contributed by atoms with E-state index in [-0.39, 0.29) is 12.3 Å². The van der Waals surface area contributed by atoms with Gasteiger partial charge in [-0.15, -0.1) is 0 Å². The molecule has 1 saturated heterocycles. The van der Waals surface area contributed by atoms with Crippen LogP contribution < -0.4 is 0 Å². The van der Waals surface area contributed by atoms with Gasteiger partial charge in [0, 0.05) is 10.9 Å². The Balaban J connectivity index is 2.35. The molecule has 1 heterocycles. The van der Waals surface area contributed by atoms with Gasteiger partial charge in [0.2, 0.25) is 6.23 Å². The number of nitrogens with zero attached hydrogens (tertiary/aromatic N) is 1. The summed E-state index contributed by atoms with van der Waals surface area (Å²) in [5.41, 5.74) is 1.08. The van der Waals surface area contributed by atoms with Crippen molar-refractivity contribution in [1.82, 2.24) is 4.90 Å². The van der Waals surface area contributed by atoms with Crippen LogP contribution in [0.3, 0.4) is 0 Å². The molecule has 0 radical (unpaired) electrons. The van der Waals surface area contributed by atoms with Crippen LogP contribution in [0.4, 0.5) is 4.79 Å². The summed E-state index contributed by atoms with van der Waals surface area (Å²) in [5.74, 6) is 0. The summed E-state index contributed by atoms with van der Waals surface area (Å²) in [6, 6.07) is 10.1. The van der Waals surface area contributed by atoms with Crippen molar-refractivity contribution < 1.29 is 9.53 Å². The van der Waals surface area contributed by atoms with Gasteiger partial charge in [-0.1, -0.05) is 69.6 Å². The minimum Gasteiger partial charge on any atom is -0.421 e. The molecule has 1 aliphatic rings. The summed E-state index contributed by atoms with van der Waals surface area (Å²) in [4.78, 5) is 14.1. The fourth-order valence-electron chi connectivity index (χ4n) is 3.48. The molecule has 0 saturated carbocycles. The zero-order valence-electron chi connectivity index (χ0n) is 13.3. The van der Waals surface area contributed by atoms with Crippen molar-refractivity contribution in [3.8, 4) is 0 Å². The molecule has 20 heavy (non-hydrogen) atoms. The number of rotatable bonds is 4. The van der Waals surface area contributed by atoms with Crippen LogP contribution in [0.5, 0.6) is 0 Å². The Morgan fingerprint density at radius 1 is 1.00 bits per heavy atom. The van der Waals surface area contributed by atoms with Gasteiger partial charge in [-0.25, -0.2) is 4.79 Å². The van der Waals surface area contributed by atoms with Crippen LogP contribution in [-0.4, -0.2) is 32.4 Å². The average molecular weight is 308 g/mol. The van der Waals surface area contributed by atoms with Crippen LogP contribution in [0.1, 0.15) is 11.8 Å². The van der Waals surface area contributed by atoms with Crippen molar-refractivity contribution >= 4 is 22.2 Å². The molecule has 1 fully saturated rings. The van der Waals surface area contributed by atoms with Gasteiger partial charge < -0.3 is 4.74 Å². The minimum atomic E-state index is -1.48. The van der Waals surface area contributed by atoms with E-state index in [0.717, 1.165) is 5.56 Å². The summed E-state index contributed by atoms with van der Waals surface area (Å²) in [5, 5.41) is 0.390. The smallest absolute Gasteiger partial charge is 0.414 e. The van der Waals surface area contributed by atoms with E-state index in [4.69, 9.17) is 4.74 Å². The Labute approximate surface area is 124 Å². The average Bonchev–Trinajstić information content (AvgIpc) is 2.31. The maximum Gasteiger partial charge on any atom is 0.414 e. The quantitative estimate of drug-likeness (QED) is 0.778. The Bertz CT molecular complexity index is 477. The van der Waals surface area contributed by atoms with Crippen molar-refractivity contribution in [2.45, 2.75) is 50.8 Å². The number of hydrogen-bond acceptors (Lipinski definition) is 2. The highest BCUT2D eigenvalue weighted by Crippen LogP contribution is 2.39. The summed E-state index contributed by atoms with van der Waals surface area (Å²) >= 11 is 0. The fraction of sp³-hybridized carbons (Fsp3) is 0.533. The van der Waals surface area contributed by atoms with Gasteiger partial charge in [0.25, 0.3) is 0 Å². The Morgan fingerprint density at radius 3 is 1.90 bits per heavy atom. The van der Waals surface area contributed by atoms with Crippen LogP contribution in [0.25, 0.3) is 0 Å². The molecule has 0 N–H and O–H groups in total. The van der Waals surface area contributed by atoms with E-state index >= 15 is 0 Å². The van der Waals surface area contributed by atoms with E-state index in [1.54, 1.807) is 0 Å². The first-order chi connectivity index (χ1) is 9.12. The van der Waals surface area contributed by atoms with Gasteiger partial charge in [-0.05, 0) is 0 Å². The lowest BCUT2D eigenvalue weighted by Crippen LogP contribution is -2.69. The van der Waals surface area contributed by atoms with Crippen molar-refractivity contribution in [2.24, 2.45) is 0 Å². The van der Waals surface area contributed by atoms with Gasteiger partial charge in [0.05, 0.1) is 16.1 Å². The van der Waals surface area contributed by atoms with Crippen molar-refractivity contribution in [3.63, 3.8) is 0 Å². The van der Waals surface area contributed by atoms with Crippen LogP contribution in [0.15, 0.2) is 30.3 Å². The first kappa shape index (κ1) is 15.3. The number of carbonyl (C=O) groups excluding carboxylic acids is 1. The van der Waals surface area contributed by atoms with Crippen molar-refractivity contribution in [1.29, 1.82) is 0 Å². The third-order valence-corrected chi connectivity index (χ3v) is 12.7. The Hall–Kier alpha value is -1.08. The van der Waals surface area contributed by atoms with Gasteiger partial charge in [-0.3, -0.25) is 4.90 Å². The topological polar surface area (TPSA) is 29.5 Å². The number of cyclic esters (lactones) is 1. The fourth-order valence-corrected chi connectivity index (χ4v) is 16.0. The molecule has 1 aliphatic heterocycles. The molecule has 2 rings (SSSR count). The van der Waals surface area contributed by atoms with Gasteiger partial charge >= 0.3 is 6.09 Å². The monoisotopic (exact) mass is 307 g/mol. The van der Waals surface area contributed by atoms with E-state index in [2.05, 4.69) is 39.3 Å². The standard InChI is InChI=1S/C15H25NO2Si2/c1-19(2,3)15(20(4,5)6)16-13(18-14(16)17)12-10-8-7-9-11-12/h7-11,13,15H,1-6H3. The summed E-state index contributed by atoms with van der Waals surface area (Å²) < 4.78 is 5.44. The van der Waals surface area contributed by atoms with E-state index in [9.17, 15) is 4.79 Å². The molecule has 3 nitrogen and oxygen atoms in total. The first-order valence-corrected chi connectivity index (χ1v) is 14.3. The molecule has 5 heteroatoms. The molecule has 110 valence electrons. The molecule has 1 aromatic carbocycles. The second-order valence-corrected chi connectivity index (χ2v) is 18.8. The predicted octanol–water partition coefficient (Wildman–Crippen LogP) is 4.26. The van der Waals surface area contributed by atoms with Gasteiger partial charge in [0.1, 0.15) is 0 Å². The largest absolute Gasteiger partial charge is 0.421 e. The van der Waals surface area contributed by atoms with Crippen LogP contribution in [-0.2, 0) is 4.74 Å². The lowest BCUT2D eigenvalue weighted by atomic mass is 10.1. The Kier molecular flexibility index (Phi) is 3.86. The number of carbonyl (C=O) groups is 1. The lowest BCUT2D eigenvalue weighted by molar-refractivity contribution is -0.0989. The lowest BCUT2D eigenvalue weighted by Gasteiger charge is -2.52. The van der Waals surface area contributed by atoms with Crippen LogP contribution >= 0.6 is 0 Å². The highest BCUT2D eigenvalue weighted by Gasteiger charge is 2.52. The molecule has 1 atom stereocenters. The molecule has 0 aliphatic carbocycles. The van der Waals surface area contributed by atoms with E-state index in [1.807, 2.05) is 35.2 Å². The van der Waals surface area contributed by atoms with Crippen molar-refractivity contribution in [2.75, 3.05) is 0 Å². The maximum atomic E-state index is 12.1. The summed E-state index contributed by atoms with van der Waals surface area (Å²) in [6.07, 6.45) is -0.333. The second-order valence-electron chi connectivity index (χ2n) is 7.69. The molecule has 0 bridgehead atoms. The number of amides is 1. The first-order valence-electron chi connectivity index (χ1n) is 7.16. The summed E-state index contributed by atoms with van der Waals surface area (Å²) in [7, 11) is -2.97. The maximum absolute atomic E-state index is 12.1. The molecule has 0 aromatic heterocycles. The zero-order valence-corrected chi connectivity index (χ0v) is 15.3. The van der Waals surface area contributed by atoms with Crippen LogP contribution in [0, 0.1) is 0 Å². The van der Waals surface area contributed by atoms with E-state index in [0.29, 0.717) is 5.29 Å². The zero-order chi connectivity index (χ0) is 15.1. The van der Waals surface area contributed by atoms with E-state index in [1.165, 1.54) is 0 Å². The highest BCUT2D eigenvalue weighted by molar-refractivity contribution is 6.96. The minimum absolute atomic E-state index is 0.145. The van der Waals surface area contributed by atoms with Gasteiger partial charge in [0.15, 0.2) is 0 Å². The third kappa shape index (κ3) is 2.83. The number of ether oxygens (including phenoxy) is 1. The predicted molar refractivity (Wildman–Crippen MR) is 88.0 cm³/mol. The molecule has 1 unspecified atom stereocenters. The molecule has 0 spiro atoms. The van der Waals surface area contributed by atoms with Gasteiger partial charge in [-0.2, -0.15) is 0 Å². The molecule has 1 amide bonds. The molecular weight excluding hydrogens is 282 g/mol.